The summed E-state index contributed by atoms with van der Waals surface area (Å²) in [5.41, 5.74) is 8.99. The number of hydrogen-bond donors (Lipinski definition) is 2. The summed E-state index contributed by atoms with van der Waals surface area (Å²) in [6.07, 6.45) is 0.487. The first kappa shape index (κ1) is 22.5. The third-order valence-corrected chi connectivity index (χ3v) is 4.19. The normalized spacial score (nSPS) is 14.0. The molecule has 3 N–H and O–H groups in total. The lowest BCUT2D eigenvalue weighted by Crippen LogP contribution is -2.36. The molecule has 0 saturated carbocycles. The lowest BCUT2D eigenvalue weighted by Gasteiger charge is -2.24. The molecule has 1 amide bonds. The highest BCUT2D eigenvalue weighted by Gasteiger charge is 2.23. The van der Waals surface area contributed by atoms with Crippen LogP contribution in [0, 0.1) is 25.2 Å². The van der Waals surface area contributed by atoms with Gasteiger partial charge in [0.15, 0.2) is 6.29 Å². The zero-order chi connectivity index (χ0) is 19.9. The molecule has 1 rings (SSSR count). The van der Waals surface area contributed by atoms with Crippen LogP contribution >= 0.6 is 0 Å². The minimum atomic E-state index is -0.286. The van der Waals surface area contributed by atoms with E-state index < -0.39 is 0 Å². The summed E-state index contributed by atoms with van der Waals surface area (Å²) in [7, 11) is 0. The number of nitrogens with two attached hydrogens (primary N) is 1. The van der Waals surface area contributed by atoms with E-state index in [9.17, 15) is 4.79 Å². The van der Waals surface area contributed by atoms with Crippen molar-refractivity contribution in [2.24, 2.45) is 17.1 Å². The Kier molecular flexibility index (Phi) is 8.57. The molecule has 0 bridgehead atoms. The highest BCUT2D eigenvalue weighted by Crippen LogP contribution is 2.27. The summed E-state index contributed by atoms with van der Waals surface area (Å²) >= 11 is 0. The molecule has 0 saturated heterocycles. The lowest BCUT2D eigenvalue weighted by molar-refractivity contribution is -0.125. The van der Waals surface area contributed by atoms with Crippen molar-refractivity contribution in [2.75, 3.05) is 13.2 Å². The van der Waals surface area contributed by atoms with E-state index in [1.165, 1.54) is 0 Å². The Morgan fingerprint density at radius 1 is 1.23 bits per heavy atom. The summed E-state index contributed by atoms with van der Waals surface area (Å²) in [4.78, 5) is 12.4. The lowest BCUT2D eigenvalue weighted by atomic mass is 9.84. The fourth-order valence-electron chi connectivity index (χ4n) is 3.12. The molecule has 0 aromatic heterocycles. The molecule has 1 aromatic carbocycles. The van der Waals surface area contributed by atoms with E-state index in [4.69, 9.17) is 15.2 Å². The first-order valence-electron chi connectivity index (χ1n) is 9.43. The van der Waals surface area contributed by atoms with E-state index in [-0.39, 0.29) is 23.5 Å². The van der Waals surface area contributed by atoms with Crippen LogP contribution in [0.5, 0.6) is 5.75 Å². The van der Waals surface area contributed by atoms with Crippen molar-refractivity contribution < 1.29 is 14.3 Å². The highest BCUT2D eigenvalue weighted by atomic mass is 16.7. The molecule has 26 heavy (non-hydrogen) atoms. The van der Waals surface area contributed by atoms with E-state index in [0.717, 1.165) is 28.9 Å². The standard InChI is InChI=1S/C21H36N2O3/c1-8-25-16(4)26-19-14(2)9-17(10-15(19)3)13-23-20(24)18(12-22)11-21(5,6)7/h9-10,16,18H,8,11-13,22H2,1-7H3,(H,23,24). The van der Waals surface area contributed by atoms with Crippen molar-refractivity contribution in [2.45, 2.75) is 67.7 Å². The maximum atomic E-state index is 12.4. The monoisotopic (exact) mass is 364 g/mol. The maximum Gasteiger partial charge on any atom is 0.224 e. The van der Waals surface area contributed by atoms with Gasteiger partial charge in [0.25, 0.3) is 0 Å². The van der Waals surface area contributed by atoms with E-state index >= 15 is 0 Å². The molecule has 0 aliphatic rings. The Labute approximate surface area is 158 Å². The smallest absolute Gasteiger partial charge is 0.224 e. The molecule has 5 heteroatoms. The summed E-state index contributed by atoms with van der Waals surface area (Å²) in [5.74, 6) is 0.698. The Morgan fingerprint density at radius 2 is 1.81 bits per heavy atom. The molecule has 0 radical (unpaired) electrons. The molecule has 5 nitrogen and oxygen atoms in total. The van der Waals surface area contributed by atoms with Gasteiger partial charge in [-0.25, -0.2) is 0 Å². The van der Waals surface area contributed by atoms with Gasteiger partial charge in [0.2, 0.25) is 5.91 Å². The number of aryl methyl sites for hydroxylation is 2. The van der Waals surface area contributed by atoms with Crippen LogP contribution in [0.4, 0.5) is 0 Å². The number of carbonyl (C=O) groups is 1. The number of carbonyl (C=O) groups excluding carboxylic acids is 1. The second-order valence-corrected chi connectivity index (χ2v) is 8.11. The zero-order valence-corrected chi connectivity index (χ0v) is 17.4. The Hall–Kier alpha value is -1.59. The molecule has 0 heterocycles. The van der Waals surface area contributed by atoms with Crippen molar-refractivity contribution in [1.82, 2.24) is 5.32 Å². The van der Waals surface area contributed by atoms with Gasteiger partial charge in [0.1, 0.15) is 5.75 Å². The zero-order valence-electron chi connectivity index (χ0n) is 17.4. The van der Waals surface area contributed by atoms with Gasteiger partial charge in [-0.05, 0) is 56.2 Å². The van der Waals surface area contributed by atoms with Crippen LogP contribution in [0.2, 0.25) is 0 Å². The van der Waals surface area contributed by atoms with Gasteiger partial charge in [-0.2, -0.15) is 0 Å². The van der Waals surface area contributed by atoms with Crippen LogP contribution in [-0.2, 0) is 16.1 Å². The minimum absolute atomic E-state index is 0.0167. The largest absolute Gasteiger partial charge is 0.465 e. The average Bonchev–Trinajstić information content (AvgIpc) is 2.53. The van der Waals surface area contributed by atoms with E-state index in [0.29, 0.717) is 19.7 Å². The summed E-state index contributed by atoms with van der Waals surface area (Å²) in [5, 5.41) is 3.02. The van der Waals surface area contributed by atoms with Crippen molar-refractivity contribution in [3.05, 3.63) is 28.8 Å². The second kappa shape index (κ2) is 9.93. The van der Waals surface area contributed by atoms with E-state index in [1.807, 2.05) is 39.8 Å². The number of hydrogen-bond acceptors (Lipinski definition) is 4. The fourth-order valence-corrected chi connectivity index (χ4v) is 3.12. The van der Waals surface area contributed by atoms with Gasteiger partial charge in [-0.3, -0.25) is 4.79 Å². The van der Waals surface area contributed by atoms with Crippen molar-refractivity contribution in [1.29, 1.82) is 0 Å². The SMILES string of the molecule is CCOC(C)Oc1c(C)cc(CNC(=O)C(CN)CC(C)(C)C)cc1C. The quantitative estimate of drug-likeness (QED) is 0.655. The van der Waals surface area contributed by atoms with Crippen LogP contribution in [0.25, 0.3) is 0 Å². The topological polar surface area (TPSA) is 73.6 Å². The summed E-state index contributed by atoms with van der Waals surface area (Å²) in [6.45, 7) is 15.7. The Balaban J connectivity index is 2.75. The maximum absolute atomic E-state index is 12.4. The summed E-state index contributed by atoms with van der Waals surface area (Å²) < 4.78 is 11.3. The van der Waals surface area contributed by atoms with Gasteiger partial charge in [0.05, 0.1) is 5.92 Å². The molecular formula is C21H36N2O3. The van der Waals surface area contributed by atoms with Gasteiger partial charge < -0.3 is 20.5 Å². The third kappa shape index (κ3) is 7.34. The Morgan fingerprint density at radius 3 is 2.27 bits per heavy atom. The van der Waals surface area contributed by atoms with Gasteiger partial charge >= 0.3 is 0 Å². The van der Waals surface area contributed by atoms with Gasteiger partial charge in [-0.1, -0.05) is 32.9 Å². The van der Waals surface area contributed by atoms with Crippen molar-refractivity contribution in [3.63, 3.8) is 0 Å². The van der Waals surface area contributed by atoms with Gasteiger partial charge in [-0.15, -0.1) is 0 Å². The molecule has 148 valence electrons. The molecule has 0 aliphatic carbocycles. The molecule has 0 spiro atoms. The van der Waals surface area contributed by atoms with Crippen molar-refractivity contribution in [3.8, 4) is 5.75 Å². The van der Waals surface area contributed by atoms with Crippen LogP contribution < -0.4 is 15.8 Å². The molecule has 0 fully saturated rings. The fraction of sp³-hybridized carbons (Fsp3) is 0.667. The van der Waals surface area contributed by atoms with E-state index in [2.05, 4.69) is 26.1 Å². The molecule has 0 aliphatic heterocycles. The van der Waals surface area contributed by atoms with Gasteiger partial charge in [0, 0.05) is 19.7 Å². The second-order valence-electron chi connectivity index (χ2n) is 8.11. The first-order chi connectivity index (χ1) is 12.1. The van der Waals surface area contributed by atoms with Crippen molar-refractivity contribution >= 4 is 5.91 Å². The predicted octanol–water partition coefficient (Wildman–Crippen LogP) is 3.69. The van der Waals surface area contributed by atoms with Crippen LogP contribution in [0.1, 0.15) is 57.7 Å². The minimum Gasteiger partial charge on any atom is -0.465 e. The number of amides is 1. The van der Waals surface area contributed by atoms with E-state index in [1.54, 1.807) is 0 Å². The number of ether oxygens (including phenoxy) is 2. The molecular weight excluding hydrogens is 328 g/mol. The predicted molar refractivity (Wildman–Crippen MR) is 106 cm³/mol. The summed E-state index contributed by atoms with van der Waals surface area (Å²) in [6, 6.07) is 4.09. The number of benzene rings is 1. The highest BCUT2D eigenvalue weighted by molar-refractivity contribution is 5.78. The molecule has 2 unspecified atom stereocenters. The Bertz CT molecular complexity index is 570. The number of nitrogens with one attached hydrogen (secondary N) is 1. The third-order valence-electron chi connectivity index (χ3n) is 4.19. The van der Waals surface area contributed by atoms with Crippen LogP contribution in [0.15, 0.2) is 12.1 Å². The van der Waals surface area contributed by atoms with Crippen LogP contribution in [0.3, 0.4) is 0 Å². The number of rotatable bonds is 9. The van der Waals surface area contributed by atoms with Crippen LogP contribution in [-0.4, -0.2) is 25.3 Å². The average molecular weight is 365 g/mol. The first-order valence-corrected chi connectivity index (χ1v) is 9.43. The molecule has 1 aromatic rings. The molecule has 2 atom stereocenters.